The maximum absolute atomic E-state index is 12.9. The van der Waals surface area contributed by atoms with Crippen LogP contribution in [0.5, 0.6) is 0 Å². The smallest absolute Gasteiger partial charge is 0.266 e. The van der Waals surface area contributed by atoms with Crippen LogP contribution in [0.2, 0.25) is 5.02 Å². The van der Waals surface area contributed by atoms with Crippen molar-refractivity contribution in [1.82, 2.24) is 15.2 Å². The van der Waals surface area contributed by atoms with E-state index >= 15 is 0 Å². The topological polar surface area (TPSA) is 65.2 Å². The summed E-state index contributed by atoms with van der Waals surface area (Å²) in [7, 11) is 0. The molecule has 1 aromatic heterocycles. The van der Waals surface area contributed by atoms with Crippen LogP contribution in [0.25, 0.3) is 17.0 Å². The fourth-order valence-corrected chi connectivity index (χ4v) is 4.99. The first-order chi connectivity index (χ1) is 14.9. The Kier molecular flexibility index (Phi) is 6.46. The molecule has 5 nitrogen and oxygen atoms in total. The Morgan fingerprint density at radius 2 is 2.00 bits per heavy atom. The van der Waals surface area contributed by atoms with Crippen molar-refractivity contribution < 1.29 is 9.59 Å². The number of amides is 2. The lowest BCUT2D eigenvalue weighted by Gasteiger charge is -2.22. The highest BCUT2D eigenvalue weighted by Gasteiger charge is 2.38. The molecule has 1 fully saturated rings. The maximum Gasteiger partial charge on any atom is 0.266 e. The minimum Gasteiger partial charge on any atom is -0.361 e. The van der Waals surface area contributed by atoms with Gasteiger partial charge in [0.15, 0.2) is 0 Å². The van der Waals surface area contributed by atoms with Gasteiger partial charge in [-0.05, 0) is 48.7 Å². The number of carbonyl (C=O) groups excluding carboxylic acids is 2. The van der Waals surface area contributed by atoms with E-state index in [4.69, 9.17) is 23.8 Å². The summed E-state index contributed by atoms with van der Waals surface area (Å²) in [5.41, 5.74) is 3.06. The molecule has 1 saturated heterocycles. The molecule has 31 heavy (non-hydrogen) atoms. The standard InChI is InChI=1S/C23H20ClN3O2S2/c1-14(21(28)25-11-10-16-13-26-19-5-3-2-4-18(16)19)27-22(29)20(31-23(27)30)12-15-6-8-17(24)9-7-15/h2-9,12-14,26H,10-11H2,1H3,(H,25,28)/b20-12-/t14-/m0/s1. The van der Waals surface area contributed by atoms with Crippen molar-refractivity contribution in [3.63, 3.8) is 0 Å². The van der Waals surface area contributed by atoms with E-state index in [-0.39, 0.29) is 11.8 Å². The van der Waals surface area contributed by atoms with Gasteiger partial charge in [0.2, 0.25) is 5.91 Å². The Hall–Kier alpha value is -2.61. The number of para-hydroxylation sites is 1. The summed E-state index contributed by atoms with van der Waals surface area (Å²) in [5.74, 6) is -0.492. The number of thioether (sulfide) groups is 1. The number of nitrogens with one attached hydrogen (secondary N) is 2. The minimum absolute atomic E-state index is 0.233. The van der Waals surface area contributed by atoms with Crippen LogP contribution in [0, 0.1) is 0 Å². The summed E-state index contributed by atoms with van der Waals surface area (Å²) in [6.07, 6.45) is 4.42. The predicted octanol–water partition coefficient (Wildman–Crippen LogP) is 4.77. The third-order valence-corrected chi connectivity index (χ3v) is 6.71. The highest BCUT2D eigenvalue weighted by atomic mass is 35.5. The Morgan fingerprint density at radius 1 is 1.26 bits per heavy atom. The normalized spacial score (nSPS) is 16.3. The van der Waals surface area contributed by atoms with Crippen molar-refractivity contribution in [2.24, 2.45) is 0 Å². The quantitative estimate of drug-likeness (QED) is 0.403. The van der Waals surface area contributed by atoms with Crippen molar-refractivity contribution in [3.05, 3.63) is 75.8 Å². The molecule has 0 aliphatic carbocycles. The van der Waals surface area contributed by atoms with Crippen molar-refractivity contribution in [2.75, 3.05) is 6.54 Å². The molecule has 0 spiro atoms. The molecule has 0 radical (unpaired) electrons. The van der Waals surface area contributed by atoms with E-state index in [2.05, 4.69) is 16.4 Å². The van der Waals surface area contributed by atoms with Crippen LogP contribution in [0.3, 0.4) is 0 Å². The van der Waals surface area contributed by atoms with Gasteiger partial charge in [0.1, 0.15) is 10.4 Å². The van der Waals surface area contributed by atoms with Gasteiger partial charge in [-0.3, -0.25) is 14.5 Å². The lowest BCUT2D eigenvalue weighted by atomic mass is 10.1. The van der Waals surface area contributed by atoms with Gasteiger partial charge >= 0.3 is 0 Å². The van der Waals surface area contributed by atoms with Crippen molar-refractivity contribution in [2.45, 2.75) is 19.4 Å². The van der Waals surface area contributed by atoms with Gasteiger partial charge in [0.05, 0.1) is 4.91 Å². The van der Waals surface area contributed by atoms with E-state index in [0.717, 1.165) is 22.0 Å². The zero-order valence-electron chi connectivity index (χ0n) is 16.7. The molecule has 0 unspecified atom stereocenters. The van der Waals surface area contributed by atoms with Crippen molar-refractivity contribution in [3.8, 4) is 0 Å². The van der Waals surface area contributed by atoms with E-state index in [0.29, 0.717) is 27.2 Å². The lowest BCUT2D eigenvalue weighted by molar-refractivity contribution is -0.132. The number of H-pyrrole nitrogens is 1. The second-order valence-electron chi connectivity index (χ2n) is 7.18. The van der Waals surface area contributed by atoms with Gasteiger partial charge in [-0.15, -0.1) is 0 Å². The van der Waals surface area contributed by atoms with E-state index in [9.17, 15) is 9.59 Å². The Balaban J connectivity index is 1.38. The van der Waals surface area contributed by atoms with Gasteiger partial charge in [0, 0.05) is 28.7 Å². The lowest BCUT2D eigenvalue weighted by Crippen LogP contribution is -2.47. The number of halogens is 1. The third-order valence-electron chi connectivity index (χ3n) is 5.13. The highest BCUT2D eigenvalue weighted by molar-refractivity contribution is 8.26. The number of carbonyl (C=O) groups is 2. The molecule has 8 heteroatoms. The average Bonchev–Trinajstić information content (AvgIpc) is 3.29. The first-order valence-electron chi connectivity index (χ1n) is 9.79. The maximum atomic E-state index is 12.9. The zero-order chi connectivity index (χ0) is 22.0. The van der Waals surface area contributed by atoms with Crippen molar-refractivity contribution in [1.29, 1.82) is 0 Å². The van der Waals surface area contributed by atoms with Crippen LogP contribution in [0.4, 0.5) is 0 Å². The number of rotatable bonds is 6. The summed E-state index contributed by atoms with van der Waals surface area (Å²) >= 11 is 12.5. The number of aromatic nitrogens is 1. The number of benzene rings is 2. The summed E-state index contributed by atoms with van der Waals surface area (Å²) in [6.45, 7) is 2.16. The first-order valence-corrected chi connectivity index (χ1v) is 11.4. The van der Waals surface area contributed by atoms with Gasteiger partial charge in [-0.1, -0.05) is 65.9 Å². The fourth-order valence-electron chi connectivity index (χ4n) is 3.45. The van der Waals surface area contributed by atoms with Gasteiger partial charge < -0.3 is 10.3 Å². The molecule has 158 valence electrons. The fraction of sp³-hybridized carbons (Fsp3) is 0.174. The van der Waals surface area contributed by atoms with E-state index in [1.165, 1.54) is 16.7 Å². The van der Waals surface area contributed by atoms with Crippen LogP contribution in [0.15, 0.2) is 59.6 Å². The molecule has 1 aliphatic rings. The van der Waals surface area contributed by atoms with Crippen LogP contribution < -0.4 is 5.32 Å². The molecule has 2 heterocycles. The minimum atomic E-state index is -0.688. The number of hydrogen-bond acceptors (Lipinski definition) is 4. The molecule has 2 amide bonds. The van der Waals surface area contributed by atoms with Crippen LogP contribution >= 0.6 is 35.6 Å². The molecule has 1 atom stereocenters. The Labute approximate surface area is 194 Å². The number of thiocarbonyl (C=S) groups is 1. The number of hydrogen-bond donors (Lipinski definition) is 2. The molecule has 4 rings (SSSR count). The number of aromatic amines is 1. The van der Waals surface area contributed by atoms with E-state index in [1.54, 1.807) is 25.1 Å². The first kappa shape index (κ1) is 21.6. The summed E-state index contributed by atoms with van der Waals surface area (Å²) in [5, 5.41) is 4.70. The van der Waals surface area contributed by atoms with Gasteiger partial charge in [-0.2, -0.15) is 0 Å². The molecule has 2 N–H and O–H groups in total. The molecule has 0 saturated carbocycles. The SMILES string of the molecule is C[C@@H](C(=O)NCCc1c[nH]c2ccccc12)N1C(=O)/C(=C/c2ccc(Cl)cc2)SC1=S. The summed E-state index contributed by atoms with van der Waals surface area (Å²) in [6, 6.07) is 14.5. The predicted molar refractivity (Wildman–Crippen MR) is 131 cm³/mol. The monoisotopic (exact) mass is 469 g/mol. The zero-order valence-corrected chi connectivity index (χ0v) is 19.1. The van der Waals surface area contributed by atoms with Crippen LogP contribution in [-0.4, -0.2) is 38.6 Å². The second kappa shape index (κ2) is 9.26. The molecule has 2 aromatic carbocycles. The Bertz CT molecular complexity index is 1190. The largest absolute Gasteiger partial charge is 0.361 e. The molecule has 1 aliphatic heterocycles. The second-order valence-corrected chi connectivity index (χ2v) is 9.29. The number of fused-ring (bicyclic) bond motifs is 1. The Morgan fingerprint density at radius 3 is 2.77 bits per heavy atom. The average molecular weight is 470 g/mol. The van der Waals surface area contributed by atoms with Gasteiger partial charge in [-0.25, -0.2) is 0 Å². The van der Waals surface area contributed by atoms with Crippen LogP contribution in [0.1, 0.15) is 18.1 Å². The summed E-state index contributed by atoms with van der Waals surface area (Å²) in [4.78, 5) is 30.7. The van der Waals surface area contributed by atoms with Crippen molar-refractivity contribution >= 4 is 68.7 Å². The van der Waals surface area contributed by atoms with Gasteiger partial charge in [0.25, 0.3) is 5.91 Å². The van der Waals surface area contributed by atoms with E-state index in [1.807, 2.05) is 36.5 Å². The molecular weight excluding hydrogens is 450 g/mol. The molecule has 3 aromatic rings. The molecular formula is C23H20ClN3O2S2. The third kappa shape index (κ3) is 4.69. The van der Waals surface area contributed by atoms with Crippen LogP contribution in [-0.2, 0) is 16.0 Å². The van der Waals surface area contributed by atoms with E-state index < -0.39 is 6.04 Å². The number of nitrogens with zero attached hydrogens (tertiary/aromatic N) is 1. The molecule has 0 bridgehead atoms. The summed E-state index contributed by atoms with van der Waals surface area (Å²) < 4.78 is 0.379. The highest BCUT2D eigenvalue weighted by Crippen LogP contribution is 2.34.